The first-order valence-electron chi connectivity index (χ1n) is 12.2. The molecule has 1 aliphatic carbocycles. The SMILES string of the molecule is CCCCCC1CCC(OC(=O)c2ccc(C=CC(=O)OCc3cc(N)ccc3N)cc2)CC1. The molecule has 2 aromatic carbocycles. The van der Waals surface area contributed by atoms with E-state index in [-0.39, 0.29) is 18.7 Å². The second-order valence-corrected chi connectivity index (χ2v) is 9.07. The zero-order valence-electron chi connectivity index (χ0n) is 20.0. The molecular formula is C28H36N2O4. The molecule has 3 rings (SSSR count). The van der Waals surface area contributed by atoms with Crippen molar-refractivity contribution in [2.24, 2.45) is 5.92 Å². The minimum absolute atomic E-state index is 0.0123. The van der Waals surface area contributed by atoms with E-state index >= 15 is 0 Å². The Kier molecular flexibility index (Phi) is 9.56. The third-order valence-corrected chi connectivity index (χ3v) is 6.38. The van der Waals surface area contributed by atoms with Gasteiger partial charge in [0.15, 0.2) is 0 Å². The molecule has 4 N–H and O–H groups in total. The van der Waals surface area contributed by atoms with Crippen LogP contribution in [0.15, 0.2) is 48.5 Å². The smallest absolute Gasteiger partial charge is 0.338 e. The van der Waals surface area contributed by atoms with Gasteiger partial charge in [-0.2, -0.15) is 0 Å². The number of carbonyl (C=O) groups excluding carboxylic acids is 2. The Morgan fingerprint density at radius 1 is 1.00 bits per heavy atom. The van der Waals surface area contributed by atoms with Crippen molar-refractivity contribution >= 4 is 29.4 Å². The number of carbonyl (C=O) groups is 2. The molecule has 0 atom stereocenters. The van der Waals surface area contributed by atoms with Crippen LogP contribution in [0.25, 0.3) is 6.08 Å². The molecule has 0 heterocycles. The average molecular weight is 465 g/mol. The van der Waals surface area contributed by atoms with Crippen LogP contribution < -0.4 is 11.5 Å². The summed E-state index contributed by atoms with van der Waals surface area (Å²) in [7, 11) is 0. The molecular weight excluding hydrogens is 428 g/mol. The fourth-order valence-electron chi connectivity index (χ4n) is 4.28. The van der Waals surface area contributed by atoms with Gasteiger partial charge < -0.3 is 20.9 Å². The van der Waals surface area contributed by atoms with E-state index in [1.807, 2.05) is 0 Å². The van der Waals surface area contributed by atoms with Gasteiger partial charge in [0, 0.05) is 23.0 Å². The van der Waals surface area contributed by atoms with Crippen LogP contribution in [0, 0.1) is 5.92 Å². The van der Waals surface area contributed by atoms with Crippen molar-refractivity contribution < 1.29 is 19.1 Å². The fraction of sp³-hybridized carbons (Fsp3) is 0.429. The van der Waals surface area contributed by atoms with Gasteiger partial charge in [-0.25, -0.2) is 9.59 Å². The van der Waals surface area contributed by atoms with Crippen molar-refractivity contribution in [3.63, 3.8) is 0 Å². The predicted octanol–water partition coefficient (Wildman–Crippen LogP) is 5.90. The molecule has 0 radical (unpaired) electrons. The zero-order valence-corrected chi connectivity index (χ0v) is 20.0. The highest BCUT2D eigenvalue weighted by Gasteiger charge is 2.24. The summed E-state index contributed by atoms with van der Waals surface area (Å²) >= 11 is 0. The highest BCUT2D eigenvalue weighted by Crippen LogP contribution is 2.30. The summed E-state index contributed by atoms with van der Waals surface area (Å²) in [6.45, 7) is 2.28. The third kappa shape index (κ3) is 7.94. The number of unbranched alkanes of at least 4 members (excludes halogenated alkanes) is 2. The zero-order chi connectivity index (χ0) is 24.3. The van der Waals surface area contributed by atoms with Crippen LogP contribution >= 0.6 is 0 Å². The van der Waals surface area contributed by atoms with Crippen molar-refractivity contribution in [1.82, 2.24) is 0 Å². The lowest BCUT2D eigenvalue weighted by atomic mass is 9.84. The summed E-state index contributed by atoms with van der Waals surface area (Å²) < 4.78 is 11.0. The summed E-state index contributed by atoms with van der Waals surface area (Å²) in [5, 5.41) is 0. The summed E-state index contributed by atoms with van der Waals surface area (Å²) in [4.78, 5) is 24.5. The molecule has 0 unspecified atom stereocenters. The van der Waals surface area contributed by atoms with Crippen LogP contribution in [0.5, 0.6) is 0 Å². The minimum atomic E-state index is -0.490. The Hall–Kier alpha value is -3.28. The maximum Gasteiger partial charge on any atom is 0.338 e. The van der Waals surface area contributed by atoms with Gasteiger partial charge in [0.2, 0.25) is 0 Å². The number of nitrogens with two attached hydrogens (primary N) is 2. The average Bonchev–Trinajstić information content (AvgIpc) is 2.85. The molecule has 182 valence electrons. The van der Waals surface area contributed by atoms with Gasteiger partial charge in [-0.05, 0) is 73.6 Å². The number of esters is 2. The van der Waals surface area contributed by atoms with E-state index in [9.17, 15) is 9.59 Å². The lowest BCUT2D eigenvalue weighted by Crippen LogP contribution is -2.24. The Bertz CT molecular complexity index is 976. The first-order valence-corrected chi connectivity index (χ1v) is 12.2. The van der Waals surface area contributed by atoms with Crippen LogP contribution in [0.4, 0.5) is 11.4 Å². The van der Waals surface area contributed by atoms with Gasteiger partial charge in [0.25, 0.3) is 0 Å². The van der Waals surface area contributed by atoms with Crippen LogP contribution in [0.1, 0.15) is 79.8 Å². The van der Waals surface area contributed by atoms with Crippen LogP contribution in [-0.2, 0) is 20.9 Å². The number of hydrogen-bond donors (Lipinski definition) is 2. The van der Waals surface area contributed by atoms with Crippen molar-refractivity contribution in [1.29, 1.82) is 0 Å². The van der Waals surface area contributed by atoms with Crippen molar-refractivity contribution in [3.05, 3.63) is 65.2 Å². The Labute approximate surface area is 202 Å². The maximum atomic E-state index is 12.5. The van der Waals surface area contributed by atoms with E-state index < -0.39 is 5.97 Å². The Balaban J connectivity index is 1.42. The Morgan fingerprint density at radius 3 is 2.44 bits per heavy atom. The minimum Gasteiger partial charge on any atom is -0.459 e. The molecule has 6 nitrogen and oxygen atoms in total. The van der Waals surface area contributed by atoms with E-state index in [0.29, 0.717) is 22.5 Å². The van der Waals surface area contributed by atoms with Gasteiger partial charge in [0.05, 0.1) is 5.56 Å². The monoisotopic (exact) mass is 464 g/mol. The van der Waals surface area contributed by atoms with Crippen LogP contribution in [-0.4, -0.2) is 18.0 Å². The van der Waals surface area contributed by atoms with Crippen molar-refractivity contribution in [3.8, 4) is 0 Å². The first-order chi connectivity index (χ1) is 16.4. The van der Waals surface area contributed by atoms with Gasteiger partial charge in [0.1, 0.15) is 12.7 Å². The number of ether oxygens (including phenoxy) is 2. The number of hydrogen-bond acceptors (Lipinski definition) is 6. The fourth-order valence-corrected chi connectivity index (χ4v) is 4.28. The molecule has 34 heavy (non-hydrogen) atoms. The topological polar surface area (TPSA) is 105 Å². The second kappa shape index (κ2) is 12.8. The van der Waals surface area contributed by atoms with Gasteiger partial charge in [-0.3, -0.25) is 0 Å². The molecule has 0 spiro atoms. The molecule has 0 bridgehead atoms. The lowest BCUT2D eigenvalue weighted by Gasteiger charge is -2.28. The van der Waals surface area contributed by atoms with Gasteiger partial charge >= 0.3 is 11.9 Å². The van der Waals surface area contributed by atoms with Gasteiger partial charge in [-0.15, -0.1) is 0 Å². The molecule has 1 saturated carbocycles. The number of anilines is 2. The molecule has 0 aromatic heterocycles. The molecule has 6 heteroatoms. The second-order valence-electron chi connectivity index (χ2n) is 9.07. The summed E-state index contributed by atoms with van der Waals surface area (Å²) in [5.41, 5.74) is 14.6. The number of benzene rings is 2. The standard InChI is InChI=1S/C28H36N2O4/c1-2-3-4-5-20-8-14-25(15-9-20)34-28(32)22-11-6-21(7-12-22)10-17-27(31)33-19-23-18-24(29)13-16-26(23)30/h6-7,10-13,16-18,20,25H,2-5,8-9,14-15,19,29-30H2,1H3. The molecule has 1 fully saturated rings. The summed E-state index contributed by atoms with van der Waals surface area (Å²) in [6.07, 6.45) is 12.3. The summed E-state index contributed by atoms with van der Waals surface area (Å²) in [6, 6.07) is 12.1. The highest BCUT2D eigenvalue weighted by molar-refractivity contribution is 5.90. The molecule has 2 aromatic rings. The van der Waals surface area contributed by atoms with E-state index in [2.05, 4.69) is 6.92 Å². The van der Waals surface area contributed by atoms with Gasteiger partial charge in [-0.1, -0.05) is 44.7 Å². The number of rotatable bonds is 10. The van der Waals surface area contributed by atoms with Crippen molar-refractivity contribution in [2.45, 2.75) is 71.0 Å². The summed E-state index contributed by atoms with van der Waals surface area (Å²) in [5.74, 6) is 0.00199. The number of nitrogen functional groups attached to an aromatic ring is 2. The van der Waals surface area contributed by atoms with E-state index in [4.69, 9.17) is 20.9 Å². The molecule has 0 amide bonds. The third-order valence-electron chi connectivity index (χ3n) is 6.38. The quantitative estimate of drug-likeness (QED) is 0.196. The lowest BCUT2D eigenvalue weighted by molar-refractivity contribution is -0.138. The van der Waals surface area contributed by atoms with E-state index in [0.717, 1.165) is 37.2 Å². The molecule has 0 aliphatic heterocycles. The normalized spacial score (nSPS) is 18.0. The molecule has 0 saturated heterocycles. The van der Waals surface area contributed by atoms with Crippen molar-refractivity contribution in [2.75, 3.05) is 11.5 Å². The van der Waals surface area contributed by atoms with Crippen LogP contribution in [0.3, 0.4) is 0 Å². The van der Waals surface area contributed by atoms with Crippen LogP contribution in [0.2, 0.25) is 0 Å². The van der Waals surface area contributed by atoms with E-state index in [1.54, 1.807) is 48.5 Å². The Morgan fingerprint density at radius 2 is 1.74 bits per heavy atom. The first kappa shape index (κ1) is 25.3. The molecule has 1 aliphatic rings. The van der Waals surface area contributed by atoms with E-state index in [1.165, 1.54) is 31.8 Å². The predicted molar refractivity (Wildman–Crippen MR) is 136 cm³/mol. The maximum absolute atomic E-state index is 12.5. The highest BCUT2D eigenvalue weighted by atomic mass is 16.5. The largest absolute Gasteiger partial charge is 0.459 e.